The van der Waals surface area contributed by atoms with Crippen molar-refractivity contribution in [3.63, 3.8) is 0 Å². The van der Waals surface area contributed by atoms with Crippen molar-refractivity contribution in [1.29, 1.82) is 0 Å². The summed E-state index contributed by atoms with van der Waals surface area (Å²) in [6, 6.07) is 15.2. The molecule has 0 aliphatic heterocycles. The Hall–Kier alpha value is -1.93. The molecule has 0 radical (unpaired) electrons. The maximum atomic E-state index is 13.4. The molecule has 1 atom stereocenters. The summed E-state index contributed by atoms with van der Waals surface area (Å²) in [5, 5.41) is 1.50. The summed E-state index contributed by atoms with van der Waals surface area (Å²) in [6.07, 6.45) is 0. The van der Waals surface area contributed by atoms with Crippen LogP contribution >= 0.6 is 11.6 Å². The number of alkyl halides is 1. The molecule has 1 unspecified atom stereocenters. The van der Waals surface area contributed by atoms with Gasteiger partial charge in [-0.05, 0) is 46.5 Å². The molecule has 0 saturated heterocycles. The summed E-state index contributed by atoms with van der Waals surface area (Å²) < 4.78 is 26.8. The van der Waals surface area contributed by atoms with Crippen LogP contribution in [0.5, 0.6) is 0 Å². The van der Waals surface area contributed by atoms with E-state index in [0.29, 0.717) is 5.56 Å². The van der Waals surface area contributed by atoms with Crippen molar-refractivity contribution in [2.75, 3.05) is 0 Å². The number of benzene rings is 3. The first kappa shape index (κ1) is 14.0. The van der Waals surface area contributed by atoms with E-state index in [-0.39, 0.29) is 0 Å². The van der Waals surface area contributed by atoms with Crippen LogP contribution in [0.4, 0.5) is 8.78 Å². The number of hydrogen-bond acceptors (Lipinski definition) is 0. The van der Waals surface area contributed by atoms with Gasteiger partial charge in [0.2, 0.25) is 0 Å². The van der Waals surface area contributed by atoms with Gasteiger partial charge in [-0.3, -0.25) is 0 Å². The van der Waals surface area contributed by atoms with Gasteiger partial charge in [-0.15, -0.1) is 11.6 Å². The first-order chi connectivity index (χ1) is 10.1. The minimum atomic E-state index is -0.618. The summed E-state index contributed by atoms with van der Waals surface area (Å²) in [5.74, 6) is -1.24. The van der Waals surface area contributed by atoms with Crippen molar-refractivity contribution in [2.45, 2.75) is 12.3 Å². The van der Waals surface area contributed by atoms with Gasteiger partial charge < -0.3 is 0 Å². The van der Waals surface area contributed by atoms with Crippen molar-refractivity contribution in [3.8, 4) is 0 Å². The lowest BCUT2D eigenvalue weighted by atomic mass is 9.95. The molecule has 3 aromatic rings. The van der Waals surface area contributed by atoms with Gasteiger partial charge in [0.15, 0.2) is 0 Å². The average molecular weight is 303 g/mol. The average Bonchev–Trinajstić information content (AvgIpc) is 2.46. The normalized spacial score (nSPS) is 12.6. The van der Waals surface area contributed by atoms with Crippen molar-refractivity contribution in [1.82, 2.24) is 0 Å². The fraction of sp³-hybridized carbons (Fsp3) is 0.111. The fourth-order valence-electron chi connectivity index (χ4n) is 2.60. The highest BCUT2D eigenvalue weighted by Crippen LogP contribution is 2.35. The molecule has 21 heavy (non-hydrogen) atoms. The first-order valence-electron chi connectivity index (χ1n) is 6.64. The lowest BCUT2D eigenvalue weighted by molar-refractivity contribution is 0.580. The molecule has 0 aliphatic rings. The van der Waals surface area contributed by atoms with Crippen LogP contribution in [0.1, 0.15) is 22.1 Å². The lowest BCUT2D eigenvalue weighted by Crippen LogP contribution is -1.97. The predicted molar refractivity (Wildman–Crippen MR) is 82.7 cm³/mol. The maximum absolute atomic E-state index is 13.4. The first-order valence-corrected chi connectivity index (χ1v) is 7.08. The third-order valence-corrected chi connectivity index (χ3v) is 4.11. The van der Waals surface area contributed by atoms with E-state index in [0.717, 1.165) is 28.0 Å². The van der Waals surface area contributed by atoms with E-state index >= 15 is 0 Å². The largest absolute Gasteiger partial charge is 0.207 e. The van der Waals surface area contributed by atoms with Crippen molar-refractivity contribution < 1.29 is 8.78 Å². The van der Waals surface area contributed by atoms with E-state index in [1.165, 1.54) is 12.1 Å². The summed E-state index contributed by atoms with van der Waals surface area (Å²) in [5.41, 5.74) is 2.41. The highest BCUT2D eigenvalue weighted by molar-refractivity contribution is 6.23. The standard InChI is InChI=1S/C18H13ClF2/c1-11-6-7-17(16-5-3-2-4-15(11)16)18(19)12-8-13(20)10-14(21)9-12/h2-10,18H,1H3. The number of rotatable bonds is 2. The van der Waals surface area contributed by atoms with Crippen LogP contribution in [0.25, 0.3) is 10.8 Å². The SMILES string of the molecule is Cc1ccc(C(Cl)c2cc(F)cc(F)c2)c2ccccc12. The third kappa shape index (κ3) is 2.64. The molecule has 3 aromatic carbocycles. The molecule has 0 heterocycles. The zero-order chi connectivity index (χ0) is 15.0. The van der Waals surface area contributed by atoms with E-state index in [9.17, 15) is 8.78 Å². The molecule has 0 N–H and O–H groups in total. The molecule has 0 spiro atoms. The van der Waals surface area contributed by atoms with Crippen LogP contribution in [0.3, 0.4) is 0 Å². The topological polar surface area (TPSA) is 0 Å². The molecule has 0 bridgehead atoms. The molecule has 3 heteroatoms. The van der Waals surface area contributed by atoms with E-state index in [1.54, 1.807) is 0 Å². The van der Waals surface area contributed by atoms with Gasteiger partial charge in [0.05, 0.1) is 5.38 Å². The highest BCUT2D eigenvalue weighted by Gasteiger charge is 2.16. The molecule has 0 amide bonds. The summed E-state index contributed by atoms with van der Waals surface area (Å²) in [6.45, 7) is 2.03. The van der Waals surface area contributed by atoms with E-state index in [2.05, 4.69) is 0 Å². The van der Waals surface area contributed by atoms with Gasteiger partial charge in [-0.2, -0.15) is 0 Å². The van der Waals surface area contributed by atoms with Crippen LogP contribution in [0, 0.1) is 18.6 Å². The Morgan fingerprint density at radius 3 is 2.14 bits per heavy atom. The van der Waals surface area contributed by atoms with Gasteiger partial charge in [0.1, 0.15) is 11.6 Å². The fourth-order valence-corrected chi connectivity index (χ4v) is 2.91. The Morgan fingerprint density at radius 1 is 0.857 bits per heavy atom. The molecule has 0 fully saturated rings. The van der Waals surface area contributed by atoms with Gasteiger partial charge in [0.25, 0.3) is 0 Å². The van der Waals surface area contributed by atoms with Gasteiger partial charge in [0, 0.05) is 6.07 Å². The van der Waals surface area contributed by atoms with Gasteiger partial charge >= 0.3 is 0 Å². The summed E-state index contributed by atoms with van der Waals surface area (Å²) >= 11 is 6.47. The summed E-state index contributed by atoms with van der Waals surface area (Å²) in [7, 11) is 0. The Labute approximate surface area is 127 Å². The van der Waals surface area contributed by atoms with Crippen molar-refractivity contribution in [2.24, 2.45) is 0 Å². The number of hydrogen-bond donors (Lipinski definition) is 0. The van der Waals surface area contributed by atoms with E-state index in [1.807, 2.05) is 43.3 Å². The minimum Gasteiger partial charge on any atom is -0.207 e. The van der Waals surface area contributed by atoms with Crippen LogP contribution in [-0.4, -0.2) is 0 Å². The molecule has 0 saturated carbocycles. The predicted octanol–water partition coefficient (Wildman–Crippen LogP) is 5.75. The Morgan fingerprint density at radius 2 is 1.48 bits per heavy atom. The van der Waals surface area contributed by atoms with Crippen molar-refractivity contribution in [3.05, 3.63) is 82.9 Å². The zero-order valence-electron chi connectivity index (χ0n) is 11.4. The molecule has 3 rings (SSSR count). The van der Waals surface area contributed by atoms with E-state index < -0.39 is 17.0 Å². The molecule has 0 aromatic heterocycles. The number of fused-ring (bicyclic) bond motifs is 1. The summed E-state index contributed by atoms with van der Waals surface area (Å²) in [4.78, 5) is 0. The monoisotopic (exact) mass is 302 g/mol. The lowest BCUT2D eigenvalue weighted by Gasteiger charge is -2.15. The smallest absolute Gasteiger partial charge is 0.126 e. The van der Waals surface area contributed by atoms with Crippen LogP contribution in [0.15, 0.2) is 54.6 Å². The third-order valence-electron chi connectivity index (χ3n) is 3.63. The Kier molecular flexibility index (Phi) is 3.64. The quantitative estimate of drug-likeness (QED) is 0.528. The Bertz CT molecular complexity index is 791. The molecular weight excluding hydrogens is 290 g/mol. The second-order valence-electron chi connectivity index (χ2n) is 5.08. The van der Waals surface area contributed by atoms with Crippen LogP contribution < -0.4 is 0 Å². The second-order valence-corrected chi connectivity index (χ2v) is 5.52. The van der Waals surface area contributed by atoms with Gasteiger partial charge in [-0.25, -0.2) is 8.78 Å². The van der Waals surface area contributed by atoms with Gasteiger partial charge in [-0.1, -0.05) is 36.4 Å². The maximum Gasteiger partial charge on any atom is 0.126 e. The molecule has 0 nitrogen and oxygen atoms in total. The molecular formula is C18H13ClF2. The number of aryl methyl sites for hydroxylation is 1. The second kappa shape index (κ2) is 5.45. The molecule has 0 aliphatic carbocycles. The van der Waals surface area contributed by atoms with Crippen LogP contribution in [-0.2, 0) is 0 Å². The zero-order valence-corrected chi connectivity index (χ0v) is 12.2. The molecule has 106 valence electrons. The van der Waals surface area contributed by atoms with Crippen LogP contribution in [0.2, 0.25) is 0 Å². The van der Waals surface area contributed by atoms with Crippen molar-refractivity contribution >= 4 is 22.4 Å². The minimum absolute atomic E-state index is 0.420. The number of halogens is 3. The van der Waals surface area contributed by atoms with E-state index in [4.69, 9.17) is 11.6 Å². The Balaban J connectivity index is 2.18. The highest BCUT2D eigenvalue weighted by atomic mass is 35.5.